The van der Waals surface area contributed by atoms with E-state index in [4.69, 9.17) is 4.74 Å². The molecule has 0 fully saturated rings. The number of nitrogens with zero attached hydrogens (tertiary/aromatic N) is 1. The van der Waals surface area contributed by atoms with Gasteiger partial charge < -0.3 is 15.2 Å². The van der Waals surface area contributed by atoms with Gasteiger partial charge in [-0.1, -0.05) is 44.2 Å². The van der Waals surface area contributed by atoms with Gasteiger partial charge in [0.2, 0.25) is 0 Å². The zero-order valence-electron chi connectivity index (χ0n) is 18.2. The third kappa shape index (κ3) is 4.70. The molecule has 1 heterocycles. The first-order valence-corrected chi connectivity index (χ1v) is 10.4. The molecule has 3 amide bonds. The predicted octanol–water partition coefficient (Wildman–Crippen LogP) is 2.33. The largest absolute Gasteiger partial charge is 0.464 e. The molecule has 0 radical (unpaired) electrons. The van der Waals surface area contributed by atoms with Crippen molar-refractivity contribution in [3.63, 3.8) is 0 Å². The molecular formula is C24H26N2O6. The third-order valence-corrected chi connectivity index (χ3v) is 5.06. The van der Waals surface area contributed by atoms with Crippen molar-refractivity contribution in [3.8, 4) is 0 Å². The fraction of sp³-hybridized carbons (Fsp3) is 0.333. The van der Waals surface area contributed by atoms with Gasteiger partial charge in [0.1, 0.15) is 6.10 Å². The maximum Gasteiger partial charge on any atom is 0.331 e. The molecule has 0 saturated heterocycles. The van der Waals surface area contributed by atoms with E-state index in [1.54, 1.807) is 37.3 Å². The Balaban J connectivity index is 1.85. The highest BCUT2D eigenvalue weighted by molar-refractivity contribution is 6.22. The minimum atomic E-state index is -1.35. The molecule has 2 unspecified atom stereocenters. The summed E-state index contributed by atoms with van der Waals surface area (Å²) >= 11 is 0. The second-order valence-corrected chi connectivity index (χ2v) is 7.93. The van der Waals surface area contributed by atoms with Gasteiger partial charge in [0, 0.05) is 12.1 Å². The summed E-state index contributed by atoms with van der Waals surface area (Å²) in [5, 5.41) is 13.2. The Labute approximate surface area is 186 Å². The maximum absolute atomic E-state index is 12.9. The van der Waals surface area contributed by atoms with Crippen molar-refractivity contribution < 1.29 is 29.0 Å². The molecule has 8 nitrogen and oxygen atoms in total. The Bertz CT molecular complexity index is 1030. The lowest BCUT2D eigenvalue weighted by molar-refractivity contribution is -0.148. The molecule has 0 aromatic heterocycles. The van der Waals surface area contributed by atoms with Crippen LogP contribution in [0.4, 0.5) is 0 Å². The Morgan fingerprint density at radius 2 is 1.69 bits per heavy atom. The van der Waals surface area contributed by atoms with E-state index in [1.165, 1.54) is 18.2 Å². The molecule has 168 valence electrons. The second kappa shape index (κ2) is 9.74. The topological polar surface area (TPSA) is 113 Å². The average Bonchev–Trinajstić information content (AvgIpc) is 3.01. The predicted molar refractivity (Wildman–Crippen MR) is 116 cm³/mol. The number of aliphatic hydroxyl groups excluding tert-OH is 1. The van der Waals surface area contributed by atoms with Crippen LogP contribution in [-0.2, 0) is 9.53 Å². The van der Waals surface area contributed by atoms with Crippen LogP contribution in [0.15, 0.2) is 48.5 Å². The van der Waals surface area contributed by atoms with Crippen molar-refractivity contribution in [3.05, 3.63) is 70.8 Å². The van der Waals surface area contributed by atoms with E-state index in [2.05, 4.69) is 5.32 Å². The van der Waals surface area contributed by atoms with Crippen LogP contribution in [0, 0.1) is 5.92 Å². The fourth-order valence-corrected chi connectivity index (χ4v) is 3.53. The van der Waals surface area contributed by atoms with Crippen molar-refractivity contribution in [1.82, 2.24) is 10.2 Å². The monoisotopic (exact) mass is 438 g/mol. The first kappa shape index (κ1) is 23.1. The van der Waals surface area contributed by atoms with Gasteiger partial charge in [-0.3, -0.25) is 19.3 Å². The number of carbonyl (C=O) groups excluding carboxylic acids is 4. The van der Waals surface area contributed by atoms with Crippen LogP contribution >= 0.6 is 0 Å². The number of benzene rings is 2. The molecule has 3 rings (SSSR count). The van der Waals surface area contributed by atoms with E-state index in [0.29, 0.717) is 5.56 Å². The number of imide groups is 1. The smallest absolute Gasteiger partial charge is 0.331 e. The molecule has 1 aliphatic rings. The number of ether oxygens (including phenoxy) is 1. The molecule has 0 spiro atoms. The standard InChI is InChI=1S/C24H26N2O6/c1-4-32-24(31)19(20(27)15-8-6-5-7-9-15)25-21(28)16-10-11-17-18(12-16)23(30)26(22(17)29)13-14(2)3/h5-12,14,19-20,27H,4,13H2,1-3H3,(H,25,28). The zero-order chi connectivity index (χ0) is 23.4. The van der Waals surface area contributed by atoms with Gasteiger partial charge in [-0.2, -0.15) is 0 Å². The van der Waals surface area contributed by atoms with Crippen LogP contribution in [0.1, 0.15) is 63.5 Å². The van der Waals surface area contributed by atoms with Crippen molar-refractivity contribution in [1.29, 1.82) is 0 Å². The van der Waals surface area contributed by atoms with E-state index < -0.39 is 35.8 Å². The minimum Gasteiger partial charge on any atom is -0.464 e. The highest BCUT2D eigenvalue weighted by Crippen LogP contribution is 2.25. The van der Waals surface area contributed by atoms with Crippen molar-refractivity contribution in [2.45, 2.75) is 32.9 Å². The maximum atomic E-state index is 12.9. The number of nitrogens with one attached hydrogen (secondary N) is 1. The summed E-state index contributed by atoms with van der Waals surface area (Å²) in [5.41, 5.74) is 0.897. The normalized spacial score (nSPS) is 14.8. The van der Waals surface area contributed by atoms with Crippen LogP contribution in [0.25, 0.3) is 0 Å². The van der Waals surface area contributed by atoms with Crippen LogP contribution in [0.5, 0.6) is 0 Å². The number of amides is 3. The van der Waals surface area contributed by atoms with Crippen LogP contribution < -0.4 is 5.32 Å². The summed E-state index contributed by atoms with van der Waals surface area (Å²) in [6.45, 7) is 5.78. The van der Waals surface area contributed by atoms with Crippen LogP contribution in [0.2, 0.25) is 0 Å². The summed E-state index contributed by atoms with van der Waals surface area (Å²) in [6.07, 6.45) is -1.33. The van der Waals surface area contributed by atoms with Gasteiger partial charge in [0.25, 0.3) is 17.7 Å². The van der Waals surface area contributed by atoms with Gasteiger partial charge in [-0.05, 0) is 36.6 Å². The fourth-order valence-electron chi connectivity index (χ4n) is 3.53. The molecule has 2 aromatic carbocycles. The highest BCUT2D eigenvalue weighted by atomic mass is 16.5. The Morgan fingerprint density at radius 1 is 1.03 bits per heavy atom. The number of carbonyl (C=O) groups is 4. The van der Waals surface area contributed by atoms with Crippen molar-refractivity contribution >= 4 is 23.7 Å². The second-order valence-electron chi connectivity index (χ2n) is 7.93. The highest BCUT2D eigenvalue weighted by Gasteiger charge is 2.37. The summed E-state index contributed by atoms with van der Waals surface area (Å²) < 4.78 is 5.02. The lowest BCUT2D eigenvalue weighted by Crippen LogP contribution is -2.46. The van der Waals surface area contributed by atoms with Crippen LogP contribution in [-0.4, -0.2) is 52.9 Å². The lowest BCUT2D eigenvalue weighted by atomic mass is 10.0. The van der Waals surface area contributed by atoms with E-state index in [0.717, 1.165) is 4.90 Å². The number of hydrogen-bond donors (Lipinski definition) is 2. The summed E-state index contributed by atoms with van der Waals surface area (Å²) in [4.78, 5) is 51.7. The van der Waals surface area contributed by atoms with Crippen molar-refractivity contribution in [2.24, 2.45) is 5.92 Å². The van der Waals surface area contributed by atoms with Crippen molar-refractivity contribution in [2.75, 3.05) is 13.2 Å². The Morgan fingerprint density at radius 3 is 2.31 bits per heavy atom. The van der Waals surface area contributed by atoms with Crippen LogP contribution in [0.3, 0.4) is 0 Å². The van der Waals surface area contributed by atoms with E-state index in [1.807, 2.05) is 13.8 Å². The SMILES string of the molecule is CCOC(=O)C(NC(=O)c1ccc2c(c1)C(=O)N(CC(C)C)C2=O)C(O)c1ccccc1. The van der Waals surface area contributed by atoms with Gasteiger partial charge in [-0.15, -0.1) is 0 Å². The Kier molecular flexibility index (Phi) is 7.05. The molecule has 2 N–H and O–H groups in total. The summed E-state index contributed by atoms with van der Waals surface area (Å²) in [5.74, 6) is -2.21. The molecular weight excluding hydrogens is 412 g/mol. The van der Waals surface area contributed by atoms with Gasteiger partial charge in [0.15, 0.2) is 6.04 Å². The number of fused-ring (bicyclic) bond motifs is 1. The number of hydrogen-bond acceptors (Lipinski definition) is 6. The molecule has 8 heteroatoms. The first-order chi connectivity index (χ1) is 15.2. The Hall–Kier alpha value is -3.52. The zero-order valence-corrected chi connectivity index (χ0v) is 18.2. The lowest BCUT2D eigenvalue weighted by Gasteiger charge is -2.23. The van der Waals surface area contributed by atoms with E-state index in [9.17, 15) is 24.3 Å². The molecule has 1 aliphatic heterocycles. The average molecular weight is 438 g/mol. The van der Waals surface area contributed by atoms with E-state index >= 15 is 0 Å². The van der Waals surface area contributed by atoms with Gasteiger partial charge >= 0.3 is 5.97 Å². The third-order valence-electron chi connectivity index (χ3n) is 5.06. The number of esters is 1. The molecule has 0 saturated carbocycles. The molecule has 2 atom stereocenters. The summed E-state index contributed by atoms with van der Waals surface area (Å²) in [7, 11) is 0. The van der Waals surface area contributed by atoms with Gasteiger partial charge in [0.05, 0.1) is 17.7 Å². The molecule has 0 aliphatic carbocycles. The number of rotatable bonds is 8. The molecule has 2 aromatic rings. The molecule has 0 bridgehead atoms. The quantitative estimate of drug-likeness (QED) is 0.483. The van der Waals surface area contributed by atoms with Gasteiger partial charge in [-0.25, -0.2) is 4.79 Å². The molecule has 32 heavy (non-hydrogen) atoms. The first-order valence-electron chi connectivity index (χ1n) is 10.4. The minimum absolute atomic E-state index is 0.0772. The van der Waals surface area contributed by atoms with E-state index in [-0.39, 0.29) is 35.8 Å². The summed E-state index contributed by atoms with van der Waals surface area (Å²) in [6, 6.07) is 11.3. The number of aliphatic hydroxyl groups is 1.